The van der Waals surface area contributed by atoms with Crippen LogP contribution in [0.3, 0.4) is 0 Å². The minimum absolute atomic E-state index is 0.909. The van der Waals surface area contributed by atoms with Gasteiger partial charge in [0.05, 0.1) is 16.6 Å². The summed E-state index contributed by atoms with van der Waals surface area (Å²) in [6.07, 6.45) is 1.89. The van der Waals surface area contributed by atoms with E-state index in [9.17, 15) is 0 Å². The van der Waals surface area contributed by atoms with Gasteiger partial charge in [-0.2, -0.15) is 0 Å². The Morgan fingerprint density at radius 3 is 2.21 bits per heavy atom. The molecule has 0 saturated carbocycles. The molecule has 0 radical (unpaired) electrons. The van der Waals surface area contributed by atoms with Gasteiger partial charge >= 0.3 is 0 Å². The molecule has 9 rings (SSSR count). The molecule has 0 aliphatic carbocycles. The highest BCUT2D eigenvalue weighted by Gasteiger charge is 2.18. The summed E-state index contributed by atoms with van der Waals surface area (Å²) in [4.78, 5) is 4.84. The Labute approximate surface area is 241 Å². The minimum atomic E-state index is 0.909. The number of para-hydroxylation sites is 2. The second-order valence-electron chi connectivity index (χ2n) is 10.8. The summed E-state index contributed by atoms with van der Waals surface area (Å²) in [5.74, 6) is 0. The van der Waals surface area contributed by atoms with Gasteiger partial charge in [-0.3, -0.25) is 4.98 Å². The molecule has 0 unspecified atom stereocenters. The first-order valence-electron chi connectivity index (χ1n) is 14.2. The van der Waals surface area contributed by atoms with Gasteiger partial charge in [0.1, 0.15) is 11.2 Å². The van der Waals surface area contributed by atoms with Crippen molar-refractivity contribution in [2.75, 3.05) is 0 Å². The molecule has 196 valence electrons. The molecule has 0 amide bonds. The molecule has 0 atom stereocenters. The number of pyridine rings is 1. The molecule has 3 aromatic heterocycles. The molecule has 6 aromatic carbocycles. The minimum Gasteiger partial charge on any atom is -0.455 e. The van der Waals surface area contributed by atoms with Crippen LogP contribution < -0.4 is 0 Å². The first-order chi connectivity index (χ1) is 20.8. The van der Waals surface area contributed by atoms with Crippen LogP contribution in [0, 0.1) is 0 Å². The van der Waals surface area contributed by atoms with Crippen molar-refractivity contribution < 1.29 is 4.42 Å². The smallest absolute Gasteiger partial charge is 0.143 e. The van der Waals surface area contributed by atoms with Gasteiger partial charge < -0.3 is 8.98 Å². The summed E-state index contributed by atoms with van der Waals surface area (Å²) in [6, 6.07) is 49.4. The van der Waals surface area contributed by atoms with Crippen LogP contribution in [0.15, 0.2) is 150 Å². The molecular formula is C39H24N2O. The molecule has 0 N–H and O–H groups in total. The molecule has 0 fully saturated rings. The Kier molecular flexibility index (Phi) is 4.90. The third-order valence-electron chi connectivity index (χ3n) is 8.45. The summed E-state index contributed by atoms with van der Waals surface area (Å²) in [5.41, 5.74) is 10.9. The molecule has 0 aliphatic rings. The zero-order valence-corrected chi connectivity index (χ0v) is 22.7. The second-order valence-corrected chi connectivity index (χ2v) is 10.8. The lowest BCUT2D eigenvalue weighted by molar-refractivity contribution is 0.670. The van der Waals surface area contributed by atoms with Crippen molar-refractivity contribution in [2.24, 2.45) is 0 Å². The van der Waals surface area contributed by atoms with E-state index in [1.54, 1.807) is 0 Å². The SMILES string of the molecule is c1ccc(-c2ccc(-n3c4cc(-c5cccc6c5oc5ccccc56)ccc4c4c5ncccc5ccc43)cc2)cc1. The van der Waals surface area contributed by atoms with Gasteiger partial charge in [0, 0.05) is 44.4 Å². The number of furan rings is 1. The highest BCUT2D eigenvalue weighted by Crippen LogP contribution is 2.40. The lowest BCUT2D eigenvalue weighted by Crippen LogP contribution is -1.94. The molecule has 0 spiro atoms. The van der Waals surface area contributed by atoms with Crippen molar-refractivity contribution in [2.45, 2.75) is 0 Å². The van der Waals surface area contributed by atoms with Gasteiger partial charge in [-0.25, -0.2) is 0 Å². The van der Waals surface area contributed by atoms with Gasteiger partial charge in [-0.15, -0.1) is 0 Å². The molecule has 3 heterocycles. The van der Waals surface area contributed by atoms with E-state index in [2.05, 4.69) is 126 Å². The highest BCUT2D eigenvalue weighted by atomic mass is 16.3. The molecule has 42 heavy (non-hydrogen) atoms. The quantitative estimate of drug-likeness (QED) is 0.225. The Bertz CT molecular complexity index is 2450. The van der Waals surface area contributed by atoms with Crippen LogP contribution in [-0.2, 0) is 0 Å². The number of hydrogen-bond donors (Lipinski definition) is 0. The molecular weight excluding hydrogens is 512 g/mol. The molecule has 0 saturated heterocycles. The van der Waals surface area contributed by atoms with Crippen molar-refractivity contribution in [3.05, 3.63) is 146 Å². The van der Waals surface area contributed by atoms with Crippen LogP contribution in [0.1, 0.15) is 0 Å². The first-order valence-corrected chi connectivity index (χ1v) is 14.2. The average Bonchev–Trinajstić information content (AvgIpc) is 3.61. The van der Waals surface area contributed by atoms with E-state index < -0.39 is 0 Å². The third-order valence-corrected chi connectivity index (χ3v) is 8.45. The number of nitrogens with zero attached hydrogens (tertiary/aromatic N) is 2. The lowest BCUT2D eigenvalue weighted by Gasteiger charge is -2.11. The zero-order valence-electron chi connectivity index (χ0n) is 22.7. The summed E-state index contributed by atoms with van der Waals surface area (Å²) >= 11 is 0. The molecule has 9 aromatic rings. The van der Waals surface area contributed by atoms with E-state index in [0.29, 0.717) is 0 Å². The summed E-state index contributed by atoms with van der Waals surface area (Å²) in [6.45, 7) is 0. The monoisotopic (exact) mass is 536 g/mol. The van der Waals surface area contributed by atoms with Crippen LogP contribution in [0.2, 0.25) is 0 Å². The normalized spacial score (nSPS) is 11.8. The van der Waals surface area contributed by atoms with E-state index in [1.165, 1.54) is 21.9 Å². The van der Waals surface area contributed by atoms with Crippen LogP contribution in [0.5, 0.6) is 0 Å². The highest BCUT2D eigenvalue weighted by molar-refractivity contribution is 6.21. The Balaban J connectivity index is 1.33. The van der Waals surface area contributed by atoms with Gasteiger partial charge in [0.25, 0.3) is 0 Å². The summed E-state index contributed by atoms with van der Waals surface area (Å²) in [7, 11) is 0. The average molecular weight is 537 g/mol. The van der Waals surface area contributed by atoms with Crippen molar-refractivity contribution in [3.63, 3.8) is 0 Å². The van der Waals surface area contributed by atoms with Crippen molar-refractivity contribution in [1.82, 2.24) is 9.55 Å². The standard InChI is InChI=1S/C39H24N2O/c1-2-8-25(9-3-1)26-15-19-29(20-16-26)41-34-22-18-27-10-7-23-40-38(27)37(34)33-21-17-28(24-35(33)41)30-12-6-13-32-31-11-4-5-14-36(31)42-39(30)32/h1-24H. The van der Waals surface area contributed by atoms with Crippen LogP contribution in [-0.4, -0.2) is 9.55 Å². The summed E-state index contributed by atoms with van der Waals surface area (Å²) < 4.78 is 8.79. The van der Waals surface area contributed by atoms with Gasteiger partial charge in [0.15, 0.2) is 0 Å². The maximum Gasteiger partial charge on any atom is 0.143 e. The number of rotatable bonds is 3. The van der Waals surface area contributed by atoms with E-state index in [1.807, 2.05) is 24.4 Å². The predicted molar refractivity (Wildman–Crippen MR) is 174 cm³/mol. The van der Waals surface area contributed by atoms with Crippen molar-refractivity contribution >= 4 is 54.6 Å². The number of hydrogen-bond acceptors (Lipinski definition) is 2. The van der Waals surface area contributed by atoms with Crippen molar-refractivity contribution in [3.8, 4) is 27.9 Å². The number of benzene rings is 6. The maximum absolute atomic E-state index is 6.42. The van der Waals surface area contributed by atoms with Crippen LogP contribution in [0.25, 0.3) is 82.6 Å². The first kappa shape index (κ1) is 23.1. The fraction of sp³-hybridized carbons (Fsp3) is 0. The second kappa shape index (κ2) is 8.92. The Hall–Kier alpha value is -5.67. The number of fused-ring (bicyclic) bond motifs is 8. The van der Waals surface area contributed by atoms with Crippen LogP contribution in [0.4, 0.5) is 0 Å². The molecule has 0 bridgehead atoms. The predicted octanol–water partition coefficient (Wildman–Crippen LogP) is 10.6. The van der Waals surface area contributed by atoms with Crippen molar-refractivity contribution in [1.29, 1.82) is 0 Å². The summed E-state index contributed by atoms with van der Waals surface area (Å²) in [5, 5.41) is 5.77. The van der Waals surface area contributed by atoms with Gasteiger partial charge in [0.2, 0.25) is 0 Å². The molecule has 3 nitrogen and oxygen atoms in total. The lowest BCUT2D eigenvalue weighted by atomic mass is 10.0. The van der Waals surface area contributed by atoms with E-state index in [4.69, 9.17) is 9.40 Å². The Morgan fingerprint density at radius 2 is 1.31 bits per heavy atom. The van der Waals surface area contributed by atoms with Gasteiger partial charge in [-0.05, 0) is 53.1 Å². The fourth-order valence-electron chi connectivity index (χ4n) is 6.50. The number of aromatic nitrogens is 2. The van der Waals surface area contributed by atoms with E-state index in [-0.39, 0.29) is 0 Å². The molecule has 0 aliphatic heterocycles. The van der Waals surface area contributed by atoms with Gasteiger partial charge in [-0.1, -0.05) is 103 Å². The topological polar surface area (TPSA) is 31.0 Å². The molecule has 3 heteroatoms. The fourth-order valence-corrected chi connectivity index (χ4v) is 6.50. The van der Waals surface area contributed by atoms with E-state index >= 15 is 0 Å². The Morgan fingerprint density at radius 1 is 0.524 bits per heavy atom. The largest absolute Gasteiger partial charge is 0.455 e. The maximum atomic E-state index is 6.42. The van der Waals surface area contributed by atoms with Crippen LogP contribution >= 0.6 is 0 Å². The van der Waals surface area contributed by atoms with E-state index in [0.717, 1.165) is 60.7 Å². The zero-order chi connectivity index (χ0) is 27.6. The third kappa shape index (κ3) is 3.37.